The van der Waals surface area contributed by atoms with Gasteiger partial charge in [0.15, 0.2) is 5.69 Å². The molecule has 1 aliphatic carbocycles. The predicted octanol–water partition coefficient (Wildman–Crippen LogP) is 2.71. The van der Waals surface area contributed by atoms with Gasteiger partial charge in [-0.1, -0.05) is 23.2 Å². The van der Waals surface area contributed by atoms with Gasteiger partial charge in [-0.25, -0.2) is 4.68 Å². The summed E-state index contributed by atoms with van der Waals surface area (Å²) in [7, 11) is 0. The standard InChI is InChI=1S/C17H18Cl2N4O/c18-11-4-5-15(13(19)10-11)23-14-3-1-2-12(14)16(21-23)17(24)22-8-6-20-7-9-22/h4-5,10,20H,1-3,6-9H2. The van der Waals surface area contributed by atoms with Crippen LogP contribution >= 0.6 is 23.2 Å². The van der Waals surface area contributed by atoms with Crippen LogP contribution in [0.5, 0.6) is 0 Å². The summed E-state index contributed by atoms with van der Waals surface area (Å²) in [5.41, 5.74) is 3.52. The Labute approximate surface area is 150 Å². The monoisotopic (exact) mass is 364 g/mol. The normalized spacial score (nSPS) is 17.2. The highest BCUT2D eigenvalue weighted by Crippen LogP contribution is 2.32. The van der Waals surface area contributed by atoms with E-state index in [-0.39, 0.29) is 5.91 Å². The van der Waals surface area contributed by atoms with Crippen molar-refractivity contribution in [2.75, 3.05) is 26.2 Å². The Balaban J connectivity index is 1.76. The van der Waals surface area contributed by atoms with Crippen LogP contribution in [0.4, 0.5) is 0 Å². The molecule has 0 unspecified atom stereocenters. The molecule has 1 fully saturated rings. The van der Waals surface area contributed by atoms with Crippen molar-refractivity contribution in [2.45, 2.75) is 19.3 Å². The Morgan fingerprint density at radius 1 is 1.17 bits per heavy atom. The van der Waals surface area contributed by atoms with Crippen LogP contribution in [-0.4, -0.2) is 46.8 Å². The minimum atomic E-state index is 0.0264. The number of nitrogens with zero attached hydrogens (tertiary/aromatic N) is 3. The van der Waals surface area contributed by atoms with Crippen LogP contribution in [0.25, 0.3) is 5.69 Å². The van der Waals surface area contributed by atoms with Crippen LogP contribution in [0.15, 0.2) is 18.2 Å². The molecule has 2 heterocycles. The van der Waals surface area contributed by atoms with E-state index in [2.05, 4.69) is 10.4 Å². The van der Waals surface area contributed by atoms with Gasteiger partial charge in [-0.3, -0.25) is 4.79 Å². The van der Waals surface area contributed by atoms with E-state index in [4.69, 9.17) is 23.2 Å². The molecule has 1 aromatic heterocycles. The molecule has 5 nitrogen and oxygen atoms in total. The van der Waals surface area contributed by atoms with E-state index in [0.29, 0.717) is 15.7 Å². The summed E-state index contributed by atoms with van der Waals surface area (Å²) in [4.78, 5) is 14.8. The second-order valence-electron chi connectivity index (χ2n) is 6.18. The fourth-order valence-electron chi connectivity index (χ4n) is 3.48. The van der Waals surface area contributed by atoms with E-state index >= 15 is 0 Å². The number of carbonyl (C=O) groups excluding carboxylic acids is 1. The average molecular weight is 365 g/mol. The maximum absolute atomic E-state index is 12.9. The quantitative estimate of drug-likeness (QED) is 0.891. The number of fused-ring (bicyclic) bond motifs is 1. The van der Waals surface area contributed by atoms with Gasteiger partial charge in [-0.2, -0.15) is 5.10 Å². The summed E-state index contributed by atoms with van der Waals surface area (Å²) in [6, 6.07) is 5.36. The number of nitrogens with one attached hydrogen (secondary N) is 1. The third kappa shape index (κ3) is 2.70. The molecule has 2 aromatic rings. The minimum absolute atomic E-state index is 0.0264. The van der Waals surface area contributed by atoms with Crippen molar-refractivity contribution in [1.29, 1.82) is 0 Å². The molecule has 1 aliphatic heterocycles. The molecule has 24 heavy (non-hydrogen) atoms. The molecule has 0 bridgehead atoms. The van der Waals surface area contributed by atoms with Crippen LogP contribution in [0.3, 0.4) is 0 Å². The average Bonchev–Trinajstić information content (AvgIpc) is 3.18. The van der Waals surface area contributed by atoms with Gasteiger partial charge in [0.1, 0.15) is 0 Å². The van der Waals surface area contributed by atoms with E-state index < -0.39 is 0 Å². The summed E-state index contributed by atoms with van der Waals surface area (Å²) in [6.07, 6.45) is 2.85. The topological polar surface area (TPSA) is 50.2 Å². The van der Waals surface area contributed by atoms with Crippen molar-refractivity contribution in [3.63, 3.8) is 0 Å². The van der Waals surface area contributed by atoms with Crippen LogP contribution in [0, 0.1) is 0 Å². The van der Waals surface area contributed by atoms with Gasteiger partial charge in [0.25, 0.3) is 5.91 Å². The van der Waals surface area contributed by atoms with Crippen molar-refractivity contribution in [3.8, 4) is 5.69 Å². The van der Waals surface area contributed by atoms with Crippen molar-refractivity contribution in [2.24, 2.45) is 0 Å². The Hall–Kier alpha value is -1.56. The number of aromatic nitrogens is 2. The largest absolute Gasteiger partial charge is 0.335 e. The number of halogens is 2. The van der Waals surface area contributed by atoms with Crippen LogP contribution in [0.1, 0.15) is 28.2 Å². The number of rotatable bonds is 2. The molecule has 0 radical (unpaired) electrons. The van der Waals surface area contributed by atoms with E-state index in [1.54, 1.807) is 12.1 Å². The first-order valence-electron chi connectivity index (χ1n) is 8.21. The van der Waals surface area contributed by atoms with Crippen molar-refractivity contribution in [1.82, 2.24) is 20.0 Å². The van der Waals surface area contributed by atoms with Gasteiger partial charge in [0.05, 0.1) is 10.7 Å². The molecule has 4 rings (SSSR count). The first-order chi connectivity index (χ1) is 11.6. The molecular formula is C17H18Cl2N4O. The van der Waals surface area contributed by atoms with E-state index in [0.717, 1.165) is 62.4 Å². The second-order valence-corrected chi connectivity index (χ2v) is 7.02. The number of hydrogen-bond acceptors (Lipinski definition) is 3. The van der Waals surface area contributed by atoms with E-state index in [9.17, 15) is 4.79 Å². The lowest BCUT2D eigenvalue weighted by Crippen LogP contribution is -2.46. The summed E-state index contributed by atoms with van der Waals surface area (Å²) in [5.74, 6) is 0.0264. The molecule has 1 aromatic carbocycles. The Morgan fingerprint density at radius 3 is 2.71 bits per heavy atom. The van der Waals surface area contributed by atoms with Crippen molar-refractivity contribution in [3.05, 3.63) is 45.2 Å². The van der Waals surface area contributed by atoms with Crippen LogP contribution in [-0.2, 0) is 12.8 Å². The highest BCUT2D eigenvalue weighted by atomic mass is 35.5. The van der Waals surface area contributed by atoms with E-state index in [1.807, 2.05) is 15.6 Å². The highest BCUT2D eigenvalue weighted by Gasteiger charge is 2.30. The summed E-state index contributed by atoms with van der Waals surface area (Å²) in [6.45, 7) is 3.11. The van der Waals surface area contributed by atoms with E-state index in [1.165, 1.54) is 0 Å². The lowest BCUT2D eigenvalue weighted by Gasteiger charge is -2.26. The SMILES string of the molecule is O=C(c1nn(-c2ccc(Cl)cc2Cl)c2c1CCC2)N1CCNCC1. The smallest absolute Gasteiger partial charge is 0.274 e. The highest BCUT2D eigenvalue weighted by molar-refractivity contribution is 6.35. The zero-order valence-corrected chi connectivity index (χ0v) is 14.7. The molecule has 7 heteroatoms. The molecule has 0 spiro atoms. The molecule has 0 atom stereocenters. The molecule has 1 saturated heterocycles. The zero-order valence-electron chi connectivity index (χ0n) is 13.2. The number of benzene rings is 1. The second kappa shape index (κ2) is 6.39. The maximum Gasteiger partial charge on any atom is 0.274 e. The van der Waals surface area contributed by atoms with Crippen LogP contribution < -0.4 is 5.32 Å². The lowest BCUT2D eigenvalue weighted by molar-refractivity contribution is 0.0728. The number of carbonyl (C=O) groups is 1. The van der Waals surface area contributed by atoms with Gasteiger partial charge < -0.3 is 10.2 Å². The van der Waals surface area contributed by atoms with Gasteiger partial charge in [0.2, 0.25) is 0 Å². The van der Waals surface area contributed by atoms with Gasteiger partial charge in [-0.15, -0.1) is 0 Å². The fourth-order valence-corrected chi connectivity index (χ4v) is 3.97. The van der Waals surface area contributed by atoms with Gasteiger partial charge >= 0.3 is 0 Å². The van der Waals surface area contributed by atoms with Crippen molar-refractivity contribution >= 4 is 29.1 Å². The Morgan fingerprint density at radius 2 is 1.96 bits per heavy atom. The third-order valence-electron chi connectivity index (χ3n) is 4.67. The Bertz CT molecular complexity index is 796. The van der Waals surface area contributed by atoms with Crippen molar-refractivity contribution < 1.29 is 4.79 Å². The predicted molar refractivity (Wildman–Crippen MR) is 94.4 cm³/mol. The molecular weight excluding hydrogens is 347 g/mol. The summed E-state index contributed by atoms with van der Waals surface area (Å²) < 4.78 is 1.83. The number of piperazine rings is 1. The maximum atomic E-state index is 12.9. The molecule has 126 valence electrons. The minimum Gasteiger partial charge on any atom is -0.335 e. The molecule has 1 N–H and O–H groups in total. The molecule has 2 aliphatic rings. The molecule has 1 amide bonds. The van der Waals surface area contributed by atoms with Gasteiger partial charge in [0, 0.05) is 42.5 Å². The zero-order chi connectivity index (χ0) is 16.7. The molecule has 0 saturated carbocycles. The lowest BCUT2D eigenvalue weighted by atomic mass is 10.1. The first-order valence-corrected chi connectivity index (χ1v) is 8.97. The fraction of sp³-hybridized carbons (Fsp3) is 0.412. The Kier molecular flexibility index (Phi) is 4.24. The van der Waals surface area contributed by atoms with Crippen LogP contribution in [0.2, 0.25) is 10.0 Å². The number of amides is 1. The summed E-state index contributed by atoms with van der Waals surface area (Å²) in [5, 5.41) is 9.04. The third-order valence-corrected chi connectivity index (χ3v) is 5.21. The number of hydrogen-bond donors (Lipinski definition) is 1. The summed E-state index contributed by atoms with van der Waals surface area (Å²) >= 11 is 12.4. The van der Waals surface area contributed by atoms with Gasteiger partial charge in [-0.05, 0) is 37.5 Å². The first kappa shape index (κ1) is 15.9.